The number of imide groups is 1. The van der Waals surface area contributed by atoms with E-state index in [2.05, 4.69) is 37.4 Å². The third kappa shape index (κ3) is 3.52. The predicted molar refractivity (Wildman–Crippen MR) is 109 cm³/mol. The van der Waals surface area contributed by atoms with Crippen LogP contribution in [0.5, 0.6) is 0 Å². The lowest BCUT2D eigenvalue weighted by atomic mass is 9.92. The van der Waals surface area contributed by atoms with E-state index in [-0.39, 0.29) is 23.8 Å². The fourth-order valence-corrected chi connectivity index (χ4v) is 5.60. The van der Waals surface area contributed by atoms with Gasteiger partial charge in [0.15, 0.2) is 0 Å². The van der Waals surface area contributed by atoms with E-state index >= 15 is 0 Å². The zero-order chi connectivity index (χ0) is 19.9. The lowest BCUT2D eigenvalue weighted by molar-refractivity contribution is -0.132. The van der Waals surface area contributed by atoms with Crippen LogP contribution in [0.1, 0.15) is 36.0 Å². The van der Waals surface area contributed by atoms with Crippen molar-refractivity contribution in [3.63, 3.8) is 0 Å². The molecule has 0 saturated carbocycles. The van der Waals surface area contributed by atoms with Gasteiger partial charge in [0.05, 0.1) is 0 Å². The summed E-state index contributed by atoms with van der Waals surface area (Å²) in [7, 11) is 0. The van der Waals surface area contributed by atoms with Crippen LogP contribution in [0.3, 0.4) is 0 Å². The smallest absolute Gasteiger partial charge is 0.325 e. The van der Waals surface area contributed by atoms with Crippen molar-refractivity contribution >= 4 is 29.6 Å². The molecule has 4 rings (SSSR count). The maximum atomic E-state index is 12.9. The SMILES string of the molecule is Cc1ccc(CN2CC(CN3C(=O)NC4(CCSCC4)C3=O)CC2=O)cc1C. The number of nitrogens with one attached hydrogen (secondary N) is 1. The zero-order valence-corrected chi connectivity index (χ0v) is 17.3. The van der Waals surface area contributed by atoms with Crippen LogP contribution in [-0.2, 0) is 16.1 Å². The van der Waals surface area contributed by atoms with Crippen LogP contribution in [0.25, 0.3) is 0 Å². The molecule has 7 heteroatoms. The predicted octanol–water partition coefficient (Wildman–Crippen LogP) is 2.47. The average Bonchev–Trinajstić information content (AvgIpc) is 3.11. The maximum Gasteiger partial charge on any atom is 0.325 e. The van der Waals surface area contributed by atoms with Crippen molar-refractivity contribution in [1.29, 1.82) is 0 Å². The van der Waals surface area contributed by atoms with Crippen molar-refractivity contribution in [1.82, 2.24) is 15.1 Å². The molecule has 1 spiro atoms. The van der Waals surface area contributed by atoms with Crippen molar-refractivity contribution in [3.05, 3.63) is 34.9 Å². The van der Waals surface area contributed by atoms with Gasteiger partial charge >= 0.3 is 6.03 Å². The van der Waals surface area contributed by atoms with Crippen LogP contribution < -0.4 is 5.32 Å². The summed E-state index contributed by atoms with van der Waals surface area (Å²) in [5.74, 6) is 1.79. The maximum absolute atomic E-state index is 12.9. The van der Waals surface area contributed by atoms with Gasteiger partial charge < -0.3 is 10.2 Å². The van der Waals surface area contributed by atoms with Gasteiger partial charge in [-0.1, -0.05) is 18.2 Å². The van der Waals surface area contributed by atoms with Gasteiger partial charge in [-0.2, -0.15) is 11.8 Å². The molecule has 4 amide bonds. The molecular weight excluding hydrogens is 374 g/mol. The molecule has 1 aromatic carbocycles. The molecule has 0 aromatic heterocycles. The molecule has 1 aromatic rings. The first-order valence-corrected chi connectivity index (χ1v) is 11.1. The molecule has 0 radical (unpaired) electrons. The van der Waals surface area contributed by atoms with Crippen LogP contribution in [0.4, 0.5) is 4.79 Å². The second-order valence-electron chi connectivity index (χ2n) is 8.30. The number of amides is 4. The number of likely N-dealkylation sites (tertiary alicyclic amines) is 1. The Hall–Kier alpha value is -2.02. The fourth-order valence-electron chi connectivity index (χ4n) is 4.41. The third-order valence-corrected chi connectivity index (χ3v) is 7.26. The van der Waals surface area contributed by atoms with E-state index in [1.165, 1.54) is 16.0 Å². The zero-order valence-electron chi connectivity index (χ0n) is 16.5. The molecular formula is C21H27N3O3S. The van der Waals surface area contributed by atoms with E-state index in [1.807, 2.05) is 16.7 Å². The Morgan fingerprint density at radius 2 is 1.89 bits per heavy atom. The molecule has 28 heavy (non-hydrogen) atoms. The average molecular weight is 402 g/mol. The van der Waals surface area contributed by atoms with Gasteiger partial charge in [-0.05, 0) is 54.9 Å². The number of carbonyl (C=O) groups is 3. The minimum atomic E-state index is -0.704. The number of hydrogen-bond acceptors (Lipinski definition) is 4. The molecule has 3 saturated heterocycles. The number of aryl methyl sites for hydroxylation is 2. The summed E-state index contributed by atoms with van der Waals surface area (Å²) in [6.07, 6.45) is 1.78. The summed E-state index contributed by atoms with van der Waals surface area (Å²) in [4.78, 5) is 41.1. The molecule has 0 aliphatic carbocycles. The molecule has 3 fully saturated rings. The molecule has 1 unspecified atom stereocenters. The molecule has 1 N–H and O–H groups in total. The number of thioether (sulfide) groups is 1. The van der Waals surface area contributed by atoms with E-state index in [4.69, 9.17) is 0 Å². The first-order chi connectivity index (χ1) is 13.4. The van der Waals surface area contributed by atoms with E-state index in [9.17, 15) is 14.4 Å². The summed E-state index contributed by atoms with van der Waals surface area (Å²) >= 11 is 1.82. The van der Waals surface area contributed by atoms with Crippen molar-refractivity contribution in [2.75, 3.05) is 24.6 Å². The van der Waals surface area contributed by atoms with Crippen molar-refractivity contribution in [2.24, 2.45) is 5.92 Å². The van der Waals surface area contributed by atoms with Crippen LogP contribution >= 0.6 is 11.8 Å². The van der Waals surface area contributed by atoms with Crippen LogP contribution in [0, 0.1) is 19.8 Å². The van der Waals surface area contributed by atoms with E-state index < -0.39 is 5.54 Å². The van der Waals surface area contributed by atoms with Crippen molar-refractivity contribution in [3.8, 4) is 0 Å². The highest BCUT2D eigenvalue weighted by Crippen LogP contribution is 2.33. The summed E-state index contributed by atoms with van der Waals surface area (Å²) in [6.45, 7) is 5.65. The minimum Gasteiger partial charge on any atom is -0.338 e. The summed E-state index contributed by atoms with van der Waals surface area (Å²) in [6, 6.07) is 5.97. The first-order valence-electron chi connectivity index (χ1n) is 9.94. The number of urea groups is 1. The van der Waals surface area contributed by atoms with Crippen LogP contribution in [0.15, 0.2) is 18.2 Å². The van der Waals surface area contributed by atoms with Gasteiger partial charge in [-0.25, -0.2) is 4.79 Å². The van der Waals surface area contributed by atoms with Crippen molar-refractivity contribution < 1.29 is 14.4 Å². The lowest BCUT2D eigenvalue weighted by Crippen LogP contribution is -2.49. The standard InChI is InChI=1S/C21H27N3O3S/c1-14-3-4-16(9-15(14)2)11-23-12-17(10-18(23)25)13-24-19(26)21(22-20(24)27)5-7-28-8-6-21/h3-4,9,17H,5-8,10-13H2,1-2H3,(H,22,27). The third-order valence-electron chi connectivity index (χ3n) is 6.27. The van der Waals surface area contributed by atoms with E-state index in [1.54, 1.807) is 0 Å². The normalized spacial score (nSPS) is 24.4. The van der Waals surface area contributed by atoms with E-state index in [0.29, 0.717) is 38.9 Å². The molecule has 3 heterocycles. The Morgan fingerprint density at radius 3 is 2.61 bits per heavy atom. The van der Waals surface area contributed by atoms with Crippen LogP contribution in [0.2, 0.25) is 0 Å². The Morgan fingerprint density at radius 1 is 1.14 bits per heavy atom. The number of nitrogens with zero attached hydrogens (tertiary/aromatic N) is 2. The summed E-state index contributed by atoms with van der Waals surface area (Å²) < 4.78 is 0. The molecule has 3 aliphatic rings. The van der Waals surface area contributed by atoms with Gasteiger partial charge in [0.25, 0.3) is 5.91 Å². The molecule has 0 bridgehead atoms. The highest BCUT2D eigenvalue weighted by Gasteiger charge is 2.52. The quantitative estimate of drug-likeness (QED) is 0.787. The number of hydrogen-bond donors (Lipinski definition) is 1. The highest BCUT2D eigenvalue weighted by molar-refractivity contribution is 7.99. The number of rotatable bonds is 4. The van der Waals surface area contributed by atoms with Gasteiger partial charge in [0.1, 0.15) is 5.54 Å². The van der Waals surface area contributed by atoms with Crippen LogP contribution in [-0.4, -0.2) is 57.8 Å². The Bertz CT molecular complexity index is 819. The molecule has 1 atom stereocenters. The Balaban J connectivity index is 1.39. The highest BCUT2D eigenvalue weighted by atomic mass is 32.2. The topological polar surface area (TPSA) is 69.7 Å². The van der Waals surface area contributed by atoms with Gasteiger partial charge in [0.2, 0.25) is 5.91 Å². The first kappa shape index (κ1) is 19.3. The monoisotopic (exact) mass is 401 g/mol. The second-order valence-corrected chi connectivity index (χ2v) is 9.53. The molecule has 3 aliphatic heterocycles. The second kappa shape index (κ2) is 7.43. The minimum absolute atomic E-state index is 0.00172. The van der Waals surface area contributed by atoms with Gasteiger partial charge in [0, 0.05) is 32.0 Å². The Kier molecular flexibility index (Phi) is 5.12. The number of benzene rings is 1. The largest absolute Gasteiger partial charge is 0.338 e. The summed E-state index contributed by atoms with van der Waals surface area (Å²) in [5, 5.41) is 2.94. The van der Waals surface area contributed by atoms with E-state index in [0.717, 1.165) is 17.1 Å². The number of carbonyl (C=O) groups excluding carboxylic acids is 3. The lowest BCUT2D eigenvalue weighted by Gasteiger charge is -2.30. The Labute approximate surface area is 170 Å². The summed E-state index contributed by atoms with van der Waals surface area (Å²) in [5.41, 5.74) is 2.87. The molecule has 6 nitrogen and oxygen atoms in total. The fraction of sp³-hybridized carbons (Fsp3) is 0.571. The molecule has 150 valence electrons. The van der Waals surface area contributed by atoms with Gasteiger partial charge in [-0.15, -0.1) is 0 Å². The van der Waals surface area contributed by atoms with Crippen molar-refractivity contribution in [2.45, 2.75) is 45.2 Å². The van der Waals surface area contributed by atoms with Gasteiger partial charge in [-0.3, -0.25) is 14.5 Å².